The average Bonchev–Trinajstić information content (AvgIpc) is 3.04. The number of hydrogen-bond donors (Lipinski definition) is 1. The van der Waals surface area contributed by atoms with Gasteiger partial charge in [0.25, 0.3) is 0 Å². The normalized spacial score (nSPS) is 14.5. The highest BCUT2D eigenvalue weighted by Gasteiger charge is 2.27. The molecule has 5 nitrogen and oxygen atoms in total. The Morgan fingerprint density at radius 3 is 1.90 bits per heavy atom. The van der Waals surface area contributed by atoms with Gasteiger partial charge in [-0.1, -0.05) is 103 Å². The van der Waals surface area contributed by atoms with E-state index in [1.165, 1.54) is 27.3 Å². The lowest BCUT2D eigenvalue weighted by molar-refractivity contribution is 0.0543. The van der Waals surface area contributed by atoms with Crippen LogP contribution in [0.5, 0.6) is 0 Å². The summed E-state index contributed by atoms with van der Waals surface area (Å²) in [4.78, 5) is 18.9. The summed E-state index contributed by atoms with van der Waals surface area (Å²) in [6.07, 6.45) is 4.49. The third-order valence-electron chi connectivity index (χ3n) is 7.91. The molecular formula is C36H41N3O2S. The van der Waals surface area contributed by atoms with Crippen molar-refractivity contribution in [1.29, 1.82) is 0 Å². The molecule has 1 amide bonds. The second kappa shape index (κ2) is 15.5. The first-order valence-corrected chi connectivity index (χ1v) is 16.1. The van der Waals surface area contributed by atoms with E-state index in [1.54, 1.807) is 11.8 Å². The van der Waals surface area contributed by atoms with Crippen LogP contribution < -0.4 is 5.32 Å². The van der Waals surface area contributed by atoms with Gasteiger partial charge in [-0.2, -0.15) is 0 Å². The van der Waals surface area contributed by atoms with Gasteiger partial charge < -0.3 is 15.0 Å². The Hall–Kier alpha value is -3.74. The van der Waals surface area contributed by atoms with Crippen LogP contribution in [0.2, 0.25) is 0 Å². The van der Waals surface area contributed by atoms with E-state index in [9.17, 15) is 4.79 Å². The summed E-state index contributed by atoms with van der Waals surface area (Å²) < 4.78 is 6.08. The van der Waals surface area contributed by atoms with Gasteiger partial charge in [-0.25, -0.2) is 4.79 Å². The van der Waals surface area contributed by atoms with Crippen molar-refractivity contribution >= 4 is 23.5 Å². The molecule has 1 heterocycles. The fourth-order valence-electron chi connectivity index (χ4n) is 5.58. The lowest BCUT2D eigenvalue weighted by Gasteiger charge is -2.35. The highest BCUT2D eigenvalue weighted by molar-refractivity contribution is 7.98. The molecule has 1 aliphatic heterocycles. The van der Waals surface area contributed by atoms with E-state index >= 15 is 0 Å². The van der Waals surface area contributed by atoms with Crippen molar-refractivity contribution in [3.63, 3.8) is 0 Å². The van der Waals surface area contributed by atoms with Crippen LogP contribution in [0.4, 0.5) is 10.5 Å². The van der Waals surface area contributed by atoms with Crippen molar-refractivity contribution in [1.82, 2.24) is 9.80 Å². The van der Waals surface area contributed by atoms with Crippen molar-refractivity contribution in [3.8, 4) is 0 Å². The zero-order valence-electron chi connectivity index (χ0n) is 24.4. The van der Waals surface area contributed by atoms with Crippen LogP contribution in [-0.4, -0.2) is 53.9 Å². The van der Waals surface area contributed by atoms with Gasteiger partial charge in [0.05, 0.1) is 0 Å². The largest absolute Gasteiger partial charge is 0.448 e. The van der Waals surface area contributed by atoms with E-state index in [2.05, 4.69) is 126 Å². The Kier molecular flexibility index (Phi) is 11.0. The van der Waals surface area contributed by atoms with Gasteiger partial charge in [-0.3, -0.25) is 4.90 Å². The molecule has 4 aromatic rings. The number of ether oxygens (including phenoxy) is 1. The number of hydrogen-bond acceptors (Lipinski definition) is 5. The second-order valence-electron chi connectivity index (χ2n) is 10.9. The minimum atomic E-state index is -0.213. The van der Waals surface area contributed by atoms with Gasteiger partial charge in [0.2, 0.25) is 0 Å². The summed E-state index contributed by atoms with van der Waals surface area (Å²) in [5.41, 5.74) is 4.90. The molecule has 1 fully saturated rings. The number of amides is 1. The number of para-hydroxylation sites is 1. The fourth-order valence-corrected chi connectivity index (χ4v) is 6.14. The monoisotopic (exact) mass is 579 g/mol. The van der Waals surface area contributed by atoms with Crippen LogP contribution in [0.3, 0.4) is 0 Å². The summed E-state index contributed by atoms with van der Waals surface area (Å²) in [5, 5.41) is 3.69. The van der Waals surface area contributed by atoms with E-state index in [-0.39, 0.29) is 12.1 Å². The van der Waals surface area contributed by atoms with Gasteiger partial charge in [0.15, 0.2) is 0 Å². The van der Waals surface area contributed by atoms with Crippen LogP contribution in [0, 0.1) is 0 Å². The van der Waals surface area contributed by atoms with E-state index in [1.807, 2.05) is 11.0 Å². The maximum atomic E-state index is 13.3. The molecule has 0 spiro atoms. The number of carbonyl (C=O) groups is 1. The molecule has 0 radical (unpaired) electrons. The molecule has 1 atom stereocenters. The molecule has 0 saturated carbocycles. The maximum absolute atomic E-state index is 13.3. The van der Waals surface area contributed by atoms with Gasteiger partial charge in [0.1, 0.15) is 6.61 Å². The standard InChI is InChI=1S/C36H41N3O2S/c1-42-35-20-12-11-19-34(35)37-32-21-23-38(24-22-32)36(40)41-28-33(25-29-13-5-2-6-14-29)39(26-30-15-7-3-8-16-30)27-31-17-9-4-10-18-31/h2-20,32-33,37H,21-28H2,1H3/t33-/m1/s1. The molecule has 0 unspecified atom stereocenters. The first-order chi connectivity index (χ1) is 20.7. The van der Waals surface area contributed by atoms with Crippen molar-refractivity contribution in [2.45, 2.75) is 49.3 Å². The van der Waals surface area contributed by atoms with Crippen LogP contribution in [0.25, 0.3) is 0 Å². The molecule has 42 heavy (non-hydrogen) atoms. The van der Waals surface area contributed by atoms with Crippen LogP contribution >= 0.6 is 11.8 Å². The Morgan fingerprint density at radius 2 is 1.33 bits per heavy atom. The minimum absolute atomic E-state index is 0.0269. The van der Waals surface area contributed by atoms with Crippen LogP contribution in [-0.2, 0) is 24.2 Å². The predicted molar refractivity (Wildman–Crippen MR) is 174 cm³/mol. The first kappa shape index (κ1) is 29.7. The number of thioether (sulfide) groups is 1. The Morgan fingerprint density at radius 1 is 0.810 bits per heavy atom. The zero-order valence-corrected chi connectivity index (χ0v) is 25.2. The number of nitrogens with one attached hydrogen (secondary N) is 1. The highest BCUT2D eigenvalue weighted by atomic mass is 32.2. The van der Waals surface area contributed by atoms with E-state index in [0.29, 0.717) is 25.7 Å². The van der Waals surface area contributed by atoms with E-state index in [0.717, 1.165) is 32.4 Å². The molecule has 0 aromatic heterocycles. The molecule has 0 bridgehead atoms. The van der Waals surface area contributed by atoms with Gasteiger partial charge in [-0.05, 0) is 54.3 Å². The average molecular weight is 580 g/mol. The number of piperidine rings is 1. The van der Waals surface area contributed by atoms with E-state index < -0.39 is 0 Å². The number of carbonyl (C=O) groups excluding carboxylic acids is 1. The lowest BCUT2D eigenvalue weighted by Crippen LogP contribution is -2.45. The number of nitrogens with zero attached hydrogens (tertiary/aromatic N) is 2. The van der Waals surface area contributed by atoms with Gasteiger partial charge in [-0.15, -0.1) is 11.8 Å². The summed E-state index contributed by atoms with van der Waals surface area (Å²) in [5.74, 6) is 0. The molecule has 1 saturated heterocycles. The maximum Gasteiger partial charge on any atom is 0.409 e. The molecule has 218 valence electrons. The Labute approximate surface area is 254 Å². The van der Waals surface area contributed by atoms with E-state index in [4.69, 9.17) is 4.74 Å². The minimum Gasteiger partial charge on any atom is -0.448 e. The molecule has 6 heteroatoms. The quantitative estimate of drug-likeness (QED) is 0.174. The molecule has 4 aromatic carbocycles. The Balaban J connectivity index is 1.24. The first-order valence-electron chi connectivity index (χ1n) is 14.8. The van der Waals surface area contributed by atoms with Crippen molar-refractivity contribution in [2.75, 3.05) is 31.3 Å². The van der Waals surface area contributed by atoms with Crippen molar-refractivity contribution in [3.05, 3.63) is 132 Å². The molecule has 0 aliphatic carbocycles. The van der Waals surface area contributed by atoms with Crippen molar-refractivity contribution < 1.29 is 9.53 Å². The summed E-state index contributed by atoms with van der Waals surface area (Å²) in [6, 6.07) is 40.4. The van der Waals surface area contributed by atoms with Gasteiger partial charge >= 0.3 is 6.09 Å². The van der Waals surface area contributed by atoms with Gasteiger partial charge in [0, 0.05) is 48.8 Å². The number of benzene rings is 4. The number of rotatable bonds is 12. The third kappa shape index (κ3) is 8.63. The topological polar surface area (TPSA) is 44.8 Å². The van der Waals surface area contributed by atoms with Crippen molar-refractivity contribution in [2.24, 2.45) is 0 Å². The number of anilines is 1. The SMILES string of the molecule is CSc1ccccc1NC1CCN(C(=O)OC[C@@H](Cc2ccccc2)N(Cc2ccccc2)Cc2ccccc2)CC1. The number of likely N-dealkylation sites (tertiary alicyclic amines) is 1. The second-order valence-corrected chi connectivity index (χ2v) is 11.8. The molecule has 1 N–H and O–H groups in total. The molecule has 1 aliphatic rings. The summed E-state index contributed by atoms with van der Waals surface area (Å²) in [6.45, 7) is 3.28. The highest BCUT2D eigenvalue weighted by Crippen LogP contribution is 2.27. The molecular weight excluding hydrogens is 538 g/mol. The summed E-state index contributed by atoms with van der Waals surface area (Å²) >= 11 is 1.75. The third-order valence-corrected chi connectivity index (χ3v) is 8.70. The van der Waals surface area contributed by atoms with Crippen LogP contribution in [0.15, 0.2) is 120 Å². The summed E-state index contributed by atoms with van der Waals surface area (Å²) in [7, 11) is 0. The fraction of sp³-hybridized carbons (Fsp3) is 0.306. The zero-order chi connectivity index (χ0) is 29.0. The lowest BCUT2D eigenvalue weighted by atomic mass is 10.0. The Bertz CT molecular complexity index is 1320. The predicted octanol–water partition coefficient (Wildman–Crippen LogP) is 7.74. The smallest absolute Gasteiger partial charge is 0.409 e. The van der Waals surface area contributed by atoms with Crippen LogP contribution in [0.1, 0.15) is 29.5 Å². The molecule has 5 rings (SSSR count).